The summed E-state index contributed by atoms with van der Waals surface area (Å²) >= 11 is 6.21. The van der Waals surface area contributed by atoms with Gasteiger partial charge in [0.15, 0.2) is 5.69 Å². The minimum atomic E-state index is -4.31. The van der Waals surface area contributed by atoms with E-state index in [2.05, 4.69) is 5.10 Å². The van der Waals surface area contributed by atoms with Gasteiger partial charge in [0.2, 0.25) is 0 Å². The lowest BCUT2D eigenvalue weighted by Gasteiger charge is -2.10. The topological polar surface area (TPSA) is 44.1 Å². The number of hydrogen-bond acceptors (Lipinski definition) is 3. The van der Waals surface area contributed by atoms with E-state index < -0.39 is 24.4 Å². The van der Waals surface area contributed by atoms with E-state index in [0.29, 0.717) is 6.54 Å². The summed E-state index contributed by atoms with van der Waals surface area (Å²) in [5, 5.41) is 3.99. The maximum Gasteiger partial charge on any atom is 0.389 e. The zero-order valence-corrected chi connectivity index (χ0v) is 14.9. The van der Waals surface area contributed by atoms with Crippen LogP contribution < -0.4 is 0 Å². The molecule has 0 spiro atoms. The Balaban J connectivity index is 2.40. The largest absolute Gasteiger partial charge is 0.461 e. The molecule has 0 saturated heterocycles. The summed E-state index contributed by atoms with van der Waals surface area (Å²) in [7, 11) is 0. The molecular formula is C17H17ClF4N2O2. The van der Waals surface area contributed by atoms with Gasteiger partial charge in [0, 0.05) is 18.5 Å². The highest BCUT2D eigenvalue weighted by atomic mass is 35.5. The lowest BCUT2D eigenvalue weighted by Crippen LogP contribution is -2.08. The Morgan fingerprint density at radius 2 is 2.00 bits per heavy atom. The lowest BCUT2D eigenvalue weighted by molar-refractivity contribution is -0.134. The van der Waals surface area contributed by atoms with Gasteiger partial charge in [-0.25, -0.2) is 9.18 Å². The van der Waals surface area contributed by atoms with Gasteiger partial charge in [0.05, 0.1) is 12.3 Å². The number of alkyl halides is 3. The van der Waals surface area contributed by atoms with Crippen molar-refractivity contribution in [3.05, 3.63) is 40.3 Å². The molecular weight excluding hydrogens is 376 g/mol. The zero-order valence-electron chi connectivity index (χ0n) is 14.2. The molecule has 1 aromatic heterocycles. The van der Waals surface area contributed by atoms with Gasteiger partial charge in [0.25, 0.3) is 0 Å². The monoisotopic (exact) mass is 392 g/mol. The molecule has 0 aliphatic heterocycles. The van der Waals surface area contributed by atoms with Crippen LogP contribution in [0.25, 0.3) is 11.3 Å². The highest BCUT2D eigenvalue weighted by Crippen LogP contribution is 2.34. The molecule has 0 aliphatic rings. The summed E-state index contributed by atoms with van der Waals surface area (Å²) in [5.41, 5.74) is 0.312. The quantitative estimate of drug-likeness (QED) is 0.511. The molecule has 142 valence electrons. The van der Waals surface area contributed by atoms with E-state index in [-0.39, 0.29) is 40.6 Å². The van der Waals surface area contributed by atoms with Gasteiger partial charge in [-0.05, 0) is 38.0 Å². The average Bonchev–Trinajstić information content (AvgIpc) is 2.89. The van der Waals surface area contributed by atoms with Crippen LogP contribution in [0.1, 0.15) is 36.3 Å². The maximum absolute atomic E-state index is 14.5. The Morgan fingerprint density at radius 1 is 1.31 bits per heavy atom. The number of aryl methyl sites for hydroxylation is 2. The van der Waals surface area contributed by atoms with Crippen LogP contribution in [-0.2, 0) is 17.7 Å². The first-order valence-corrected chi connectivity index (χ1v) is 8.34. The van der Waals surface area contributed by atoms with Crippen LogP contribution in [0.5, 0.6) is 0 Å². The highest BCUT2D eigenvalue weighted by molar-refractivity contribution is 6.35. The molecule has 1 aromatic carbocycles. The van der Waals surface area contributed by atoms with Crippen molar-refractivity contribution in [3.63, 3.8) is 0 Å². The summed E-state index contributed by atoms with van der Waals surface area (Å²) < 4.78 is 57.7. The Morgan fingerprint density at radius 3 is 2.54 bits per heavy atom. The van der Waals surface area contributed by atoms with Crippen molar-refractivity contribution in [2.24, 2.45) is 0 Å². The van der Waals surface area contributed by atoms with Crippen molar-refractivity contribution in [1.82, 2.24) is 9.78 Å². The van der Waals surface area contributed by atoms with Crippen LogP contribution in [0.15, 0.2) is 18.2 Å². The summed E-state index contributed by atoms with van der Waals surface area (Å²) in [6, 6.07) is 3.77. The van der Waals surface area contributed by atoms with E-state index in [1.165, 1.54) is 16.8 Å². The number of carbonyl (C=O) groups excluding carboxylic acids is 1. The number of halogens is 5. The van der Waals surface area contributed by atoms with Crippen molar-refractivity contribution in [3.8, 4) is 11.3 Å². The van der Waals surface area contributed by atoms with Gasteiger partial charge in [-0.3, -0.25) is 4.68 Å². The molecule has 0 atom stereocenters. The third-order valence-electron chi connectivity index (χ3n) is 3.65. The second kappa shape index (κ2) is 8.07. The van der Waals surface area contributed by atoms with E-state index >= 15 is 0 Å². The summed E-state index contributed by atoms with van der Waals surface area (Å²) in [5.74, 6) is -1.47. The molecule has 26 heavy (non-hydrogen) atoms. The van der Waals surface area contributed by atoms with Gasteiger partial charge >= 0.3 is 12.1 Å². The molecule has 1 heterocycles. The predicted octanol–water partition coefficient (Wildman–Crippen LogP) is 5.03. The lowest BCUT2D eigenvalue weighted by atomic mass is 10.0. The van der Waals surface area contributed by atoms with Crippen LogP contribution in [0.2, 0.25) is 5.02 Å². The van der Waals surface area contributed by atoms with Crippen molar-refractivity contribution in [2.45, 2.75) is 39.4 Å². The molecule has 0 bridgehead atoms. The molecule has 9 heteroatoms. The highest BCUT2D eigenvalue weighted by Gasteiger charge is 2.27. The fraction of sp³-hybridized carbons (Fsp3) is 0.412. The first kappa shape index (κ1) is 20.2. The third-order valence-corrected chi connectivity index (χ3v) is 4.01. The first-order valence-electron chi connectivity index (χ1n) is 7.96. The Labute approximate surface area is 152 Å². The van der Waals surface area contributed by atoms with Crippen LogP contribution >= 0.6 is 11.6 Å². The molecule has 0 radical (unpaired) electrons. The summed E-state index contributed by atoms with van der Waals surface area (Å²) in [6.45, 7) is 3.80. The average molecular weight is 393 g/mol. The fourth-order valence-corrected chi connectivity index (χ4v) is 2.76. The predicted molar refractivity (Wildman–Crippen MR) is 88.6 cm³/mol. The van der Waals surface area contributed by atoms with Gasteiger partial charge < -0.3 is 4.74 Å². The van der Waals surface area contributed by atoms with E-state index in [9.17, 15) is 22.4 Å². The van der Waals surface area contributed by atoms with Crippen LogP contribution in [0.4, 0.5) is 17.6 Å². The minimum absolute atomic E-state index is 0.0515. The van der Waals surface area contributed by atoms with Crippen molar-refractivity contribution in [2.75, 3.05) is 6.61 Å². The molecule has 4 nitrogen and oxygen atoms in total. The van der Waals surface area contributed by atoms with Crippen molar-refractivity contribution in [1.29, 1.82) is 0 Å². The molecule has 2 aromatic rings. The smallest absolute Gasteiger partial charge is 0.389 e. The van der Waals surface area contributed by atoms with E-state index in [4.69, 9.17) is 16.3 Å². The molecule has 2 rings (SSSR count). The second-order valence-electron chi connectivity index (χ2n) is 5.48. The Kier molecular flexibility index (Phi) is 6.28. The SMILES string of the molecule is CCOC(=O)c1nn(CC)c(-c2ccc(CCC(F)(F)F)cc2F)c1Cl. The third kappa shape index (κ3) is 4.55. The first-order chi connectivity index (χ1) is 12.2. The number of benzene rings is 1. The van der Waals surface area contributed by atoms with Gasteiger partial charge in [0.1, 0.15) is 10.8 Å². The summed E-state index contributed by atoms with van der Waals surface area (Å²) in [4.78, 5) is 11.9. The standard InChI is InChI=1S/C17H17ClF4N2O2/c1-3-24-15(13(18)14(23-24)16(25)26-4-2)11-6-5-10(9-12(11)19)7-8-17(20,21)22/h5-6,9H,3-4,7-8H2,1-2H3. The molecule has 0 N–H and O–H groups in total. The zero-order chi connectivity index (χ0) is 19.5. The number of esters is 1. The van der Waals surface area contributed by atoms with Gasteiger partial charge in [-0.1, -0.05) is 17.7 Å². The van der Waals surface area contributed by atoms with E-state index in [0.717, 1.165) is 6.07 Å². The van der Waals surface area contributed by atoms with Crippen LogP contribution in [0.3, 0.4) is 0 Å². The van der Waals surface area contributed by atoms with Crippen molar-refractivity contribution < 1.29 is 27.1 Å². The molecule has 0 unspecified atom stereocenters. The number of nitrogens with zero attached hydrogens (tertiary/aromatic N) is 2. The van der Waals surface area contributed by atoms with E-state index in [1.54, 1.807) is 13.8 Å². The normalized spacial score (nSPS) is 11.7. The Bertz CT molecular complexity index is 803. The Hall–Kier alpha value is -2.09. The number of hydrogen-bond donors (Lipinski definition) is 0. The fourth-order valence-electron chi connectivity index (χ4n) is 2.45. The van der Waals surface area contributed by atoms with Crippen molar-refractivity contribution >= 4 is 17.6 Å². The maximum atomic E-state index is 14.5. The number of aromatic nitrogens is 2. The number of carbonyl (C=O) groups is 1. The van der Waals surface area contributed by atoms with Crippen LogP contribution in [0, 0.1) is 5.82 Å². The van der Waals surface area contributed by atoms with E-state index in [1.807, 2.05) is 0 Å². The molecule has 0 saturated carbocycles. The number of rotatable bonds is 6. The minimum Gasteiger partial charge on any atom is -0.461 e. The molecule has 0 aliphatic carbocycles. The number of ether oxygens (including phenoxy) is 1. The van der Waals surface area contributed by atoms with Gasteiger partial charge in [-0.15, -0.1) is 0 Å². The van der Waals surface area contributed by atoms with Gasteiger partial charge in [-0.2, -0.15) is 18.3 Å². The van der Waals surface area contributed by atoms with Crippen LogP contribution in [-0.4, -0.2) is 28.5 Å². The molecule has 0 fully saturated rings. The molecule has 0 amide bonds. The summed E-state index contributed by atoms with van der Waals surface area (Å²) in [6.07, 6.45) is -5.67. The second-order valence-corrected chi connectivity index (χ2v) is 5.85.